The van der Waals surface area contributed by atoms with E-state index in [1.165, 1.54) is 0 Å². The molecule has 0 aliphatic rings. The fourth-order valence-electron chi connectivity index (χ4n) is 1.69. The minimum absolute atomic E-state index is 0.0204. The van der Waals surface area contributed by atoms with E-state index in [0.717, 1.165) is 10.0 Å². The van der Waals surface area contributed by atoms with E-state index in [2.05, 4.69) is 21.1 Å². The Morgan fingerprint density at radius 3 is 2.60 bits per heavy atom. The van der Waals surface area contributed by atoms with Crippen molar-refractivity contribution in [3.8, 4) is 11.5 Å². The zero-order valence-corrected chi connectivity index (χ0v) is 12.9. The molecule has 0 spiro atoms. The van der Waals surface area contributed by atoms with E-state index < -0.39 is 0 Å². The highest BCUT2D eigenvalue weighted by Crippen LogP contribution is 2.31. The average Bonchev–Trinajstić information content (AvgIpc) is 2.42. The third-order valence-corrected chi connectivity index (χ3v) is 3.41. The molecule has 2 rings (SSSR count). The second kappa shape index (κ2) is 6.15. The molecule has 0 heterocycles. The van der Waals surface area contributed by atoms with Gasteiger partial charge in [-0.25, -0.2) is 0 Å². The van der Waals surface area contributed by atoms with Crippen molar-refractivity contribution in [2.75, 3.05) is 0 Å². The van der Waals surface area contributed by atoms with Gasteiger partial charge in [0.05, 0.1) is 5.56 Å². The van der Waals surface area contributed by atoms with Crippen LogP contribution in [0.25, 0.3) is 0 Å². The summed E-state index contributed by atoms with van der Waals surface area (Å²) in [6.45, 7) is 1.89. The number of benzene rings is 2. The maximum absolute atomic E-state index is 8.84. The number of rotatable bonds is 3. The molecule has 2 aromatic carbocycles. The predicted octanol–water partition coefficient (Wildman–Crippen LogP) is 4.30. The van der Waals surface area contributed by atoms with E-state index in [4.69, 9.17) is 27.3 Å². The van der Waals surface area contributed by atoms with Crippen LogP contribution in [0.15, 0.2) is 46.0 Å². The quantitative estimate of drug-likeness (QED) is 0.373. The summed E-state index contributed by atoms with van der Waals surface area (Å²) in [5, 5.41) is 12.5. The SMILES string of the molecule is Cc1cc(Cl)ccc1Oc1ccc(Br)cc1/C(N)=N/O. The second-order valence-electron chi connectivity index (χ2n) is 4.14. The molecule has 6 heteroatoms. The van der Waals surface area contributed by atoms with Gasteiger partial charge < -0.3 is 15.7 Å². The van der Waals surface area contributed by atoms with Gasteiger partial charge in [-0.2, -0.15) is 0 Å². The topological polar surface area (TPSA) is 67.8 Å². The first-order chi connectivity index (χ1) is 9.51. The largest absolute Gasteiger partial charge is 0.456 e. The van der Waals surface area contributed by atoms with E-state index >= 15 is 0 Å². The number of hydrogen-bond donors (Lipinski definition) is 2. The fraction of sp³-hybridized carbons (Fsp3) is 0.0714. The second-order valence-corrected chi connectivity index (χ2v) is 5.49. The molecule has 104 valence electrons. The predicted molar refractivity (Wildman–Crippen MR) is 82.9 cm³/mol. The lowest BCUT2D eigenvalue weighted by atomic mass is 10.1. The molecule has 0 aromatic heterocycles. The minimum atomic E-state index is -0.0204. The Morgan fingerprint density at radius 1 is 1.25 bits per heavy atom. The average molecular weight is 356 g/mol. The Labute approximate surface area is 129 Å². The van der Waals surface area contributed by atoms with Gasteiger partial charge in [-0.3, -0.25) is 0 Å². The standard InChI is InChI=1S/C14H12BrClN2O2/c1-8-6-10(16)3-5-12(8)20-13-4-2-9(15)7-11(13)14(17)18-19/h2-7,19H,1H3,(H2,17,18). The maximum atomic E-state index is 8.84. The first kappa shape index (κ1) is 14.7. The summed E-state index contributed by atoms with van der Waals surface area (Å²) in [6.07, 6.45) is 0. The number of aryl methyl sites for hydroxylation is 1. The Kier molecular flexibility index (Phi) is 4.52. The van der Waals surface area contributed by atoms with Gasteiger partial charge in [-0.1, -0.05) is 32.7 Å². The summed E-state index contributed by atoms with van der Waals surface area (Å²) >= 11 is 9.25. The number of amidine groups is 1. The Balaban J connectivity index is 2.43. The first-order valence-electron chi connectivity index (χ1n) is 5.72. The van der Waals surface area contributed by atoms with Crippen LogP contribution in [0.5, 0.6) is 11.5 Å². The van der Waals surface area contributed by atoms with Crippen LogP contribution < -0.4 is 10.5 Å². The normalized spacial score (nSPS) is 11.4. The van der Waals surface area contributed by atoms with Crippen LogP contribution >= 0.6 is 27.5 Å². The number of halogens is 2. The van der Waals surface area contributed by atoms with Crippen molar-refractivity contribution in [1.29, 1.82) is 0 Å². The molecule has 2 aromatic rings. The van der Waals surface area contributed by atoms with E-state index in [-0.39, 0.29) is 5.84 Å². The molecule has 0 amide bonds. The zero-order valence-electron chi connectivity index (χ0n) is 10.6. The third-order valence-electron chi connectivity index (χ3n) is 2.68. The number of nitrogens with two attached hydrogens (primary N) is 1. The molecule has 0 unspecified atom stereocenters. The number of oxime groups is 1. The van der Waals surface area contributed by atoms with Gasteiger partial charge in [-0.05, 0) is 48.9 Å². The lowest BCUT2D eigenvalue weighted by molar-refractivity contribution is 0.318. The van der Waals surface area contributed by atoms with Gasteiger partial charge in [0, 0.05) is 9.50 Å². The van der Waals surface area contributed by atoms with Gasteiger partial charge >= 0.3 is 0 Å². The minimum Gasteiger partial charge on any atom is -0.456 e. The fourth-order valence-corrected chi connectivity index (χ4v) is 2.28. The Bertz CT molecular complexity index is 674. The lowest BCUT2D eigenvalue weighted by Crippen LogP contribution is -2.14. The van der Waals surface area contributed by atoms with E-state index in [0.29, 0.717) is 22.1 Å². The van der Waals surface area contributed by atoms with Crippen molar-refractivity contribution in [1.82, 2.24) is 0 Å². The van der Waals surface area contributed by atoms with Crippen LogP contribution in [0.1, 0.15) is 11.1 Å². The monoisotopic (exact) mass is 354 g/mol. The molecular formula is C14H12BrClN2O2. The van der Waals surface area contributed by atoms with Crippen LogP contribution in [-0.4, -0.2) is 11.0 Å². The first-order valence-corrected chi connectivity index (χ1v) is 6.90. The molecular weight excluding hydrogens is 344 g/mol. The van der Waals surface area contributed by atoms with Crippen LogP contribution in [0.2, 0.25) is 5.02 Å². The van der Waals surface area contributed by atoms with Gasteiger partial charge in [0.15, 0.2) is 5.84 Å². The highest BCUT2D eigenvalue weighted by atomic mass is 79.9. The molecule has 4 nitrogen and oxygen atoms in total. The molecule has 0 bridgehead atoms. The molecule has 0 saturated heterocycles. The van der Waals surface area contributed by atoms with E-state index in [9.17, 15) is 0 Å². The number of hydrogen-bond acceptors (Lipinski definition) is 3. The molecule has 0 saturated carbocycles. The summed E-state index contributed by atoms with van der Waals surface area (Å²) in [7, 11) is 0. The van der Waals surface area contributed by atoms with Crippen molar-refractivity contribution in [2.24, 2.45) is 10.9 Å². The van der Waals surface area contributed by atoms with E-state index in [1.807, 2.05) is 13.0 Å². The van der Waals surface area contributed by atoms with Crippen LogP contribution in [0.4, 0.5) is 0 Å². The van der Waals surface area contributed by atoms with Crippen molar-refractivity contribution in [3.63, 3.8) is 0 Å². The van der Waals surface area contributed by atoms with Gasteiger partial charge in [0.1, 0.15) is 11.5 Å². The van der Waals surface area contributed by atoms with Gasteiger partial charge in [-0.15, -0.1) is 0 Å². The van der Waals surface area contributed by atoms with Crippen molar-refractivity contribution >= 4 is 33.4 Å². The molecule has 0 aliphatic carbocycles. The summed E-state index contributed by atoms with van der Waals surface area (Å²) in [4.78, 5) is 0. The van der Waals surface area contributed by atoms with Crippen molar-refractivity contribution in [3.05, 3.63) is 57.0 Å². The van der Waals surface area contributed by atoms with Crippen LogP contribution in [-0.2, 0) is 0 Å². The summed E-state index contributed by atoms with van der Waals surface area (Å²) in [5.41, 5.74) is 7.05. The zero-order chi connectivity index (χ0) is 14.7. The van der Waals surface area contributed by atoms with Crippen LogP contribution in [0.3, 0.4) is 0 Å². The highest BCUT2D eigenvalue weighted by Gasteiger charge is 2.11. The molecule has 0 aliphatic heterocycles. The van der Waals surface area contributed by atoms with Crippen LogP contribution in [0, 0.1) is 6.92 Å². The summed E-state index contributed by atoms with van der Waals surface area (Å²) in [6, 6.07) is 10.6. The molecule has 0 atom stereocenters. The molecule has 3 N–H and O–H groups in total. The highest BCUT2D eigenvalue weighted by molar-refractivity contribution is 9.10. The molecule has 20 heavy (non-hydrogen) atoms. The van der Waals surface area contributed by atoms with Gasteiger partial charge in [0.25, 0.3) is 0 Å². The van der Waals surface area contributed by atoms with Gasteiger partial charge in [0.2, 0.25) is 0 Å². The summed E-state index contributed by atoms with van der Waals surface area (Å²) < 4.78 is 6.63. The lowest BCUT2D eigenvalue weighted by Gasteiger charge is -2.12. The number of nitrogens with zero attached hydrogens (tertiary/aromatic N) is 1. The Hall–Kier alpha value is -1.72. The molecule has 0 fully saturated rings. The maximum Gasteiger partial charge on any atom is 0.173 e. The van der Waals surface area contributed by atoms with Crippen molar-refractivity contribution in [2.45, 2.75) is 6.92 Å². The smallest absolute Gasteiger partial charge is 0.173 e. The van der Waals surface area contributed by atoms with Crippen molar-refractivity contribution < 1.29 is 9.94 Å². The summed E-state index contributed by atoms with van der Waals surface area (Å²) in [5.74, 6) is 1.13. The Morgan fingerprint density at radius 2 is 1.95 bits per heavy atom. The third kappa shape index (κ3) is 3.23. The number of ether oxygens (including phenoxy) is 1. The molecule has 0 radical (unpaired) electrons. The van der Waals surface area contributed by atoms with E-state index in [1.54, 1.807) is 30.3 Å².